The summed E-state index contributed by atoms with van der Waals surface area (Å²) in [4.78, 5) is 26.2. The van der Waals surface area contributed by atoms with Gasteiger partial charge in [-0.15, -0.1) is 0 Å². The number of imidazole rings is 1. The highest BCUT2D eigenvalue weighted by Crippen LogP contribution is 2.34. The summed E-state index contributed by atoms with van der Waals surface area (Å²) < 4.78 is 0. The van der Waals surface area contributed by atoms with Crippen LogP contribution in [0.4, 0.5) is 5.69 Å². The molecule has 38 heavy (non-hydrogen) atoms. The first-order valence-corrected chi connectivity index (χ1v) is 13.1. The van der Waals surface area contributed by atoms with Crippen molar-refractivity contribution in [3.05, 3.63) is 144 Å². The zero-order valence-electron chi connectivity index (χ0n) is 21.2. The third-order valence-electron chi connectivity index (χ3n) is 7.27. The van der Waals surface area contributed by atoms with Crippen molar-refractivity contribution < 1.29 is 4.79 Å². The van der Waals surface area contributed by atoms with Crippen LogP contribution in [0.5, 0.6) is 0 Å². The lowest BCUT2D eigenvalue weighted by Gasteiger charge is -2.27. The average molecular weight is 499 g/mol. The Balaban J connectivity index is 1.38. The number of anilines is 1. The molecule has 1 amide bonds. The largest absolute Gasteiger partial charge is 0.364 e. The van der Waals surface area contributed by atoms with E-state index >= 15 is 0 Å². The van der Waals surface area contributed by atoms with Crippen LogP contribution in [0.2, 0.25) is 0 Å². The predicted molar refractivity (Wildman–Crippen MR) is 152 cm³/mol. The number of carbonyl (C=O) groups is 1. The molecule has 0 spiro atoms. The van der Waals surface area contributed by atoms with Crippen molar-refractivity contribution in [3.8, 4) is 11.1 Å². The molecule has 0 unspecified atom stereocenters. The molecule has 0 radical (unpaired) electrons. The Morgan fingerprint density at radius 3 is 2.08 bits per heavy atom. The van der Waals surface area contributed by atoms with E-state index in [1.54, 1.807) is 6.33 Å². The molecular formula is C33H30N4O. The lowest BCUT2D eigenvalue weighted by molar-refractivity contribution is -0.132. The van der Waals surface area contributed by atoms with E-state index in [2.05, 4.69) is 81.6 Å². The molecule has 1 aliphatic heterocycles. The number of amides is 1. The highest BCUT2D eigenvalue weighted by Gasteiger charge is 2.30. The van der Waals surface area contributed by atoms with Gasteiger partial charge in [0.25, 0.3) is 0 Å². The topological polar surface area (TPSA) is 52.2 Å². The monoisotopic (exact) mass is 498 g/mol. The van der Waals surface area contributed by atoms with Crippen LogP contribution in [0.25, 0.3) is 11.1 Å². The molecule has 1 N–H and O–H groups in total. The van der Waals surface area contributed by atoms with Crippen molar-refractivity contribution >= 4 is 11.6 Å². The van der Waals surface area contributed by atoms with Crippen LogP contribution in [0.15, 0.2) is 122 Å². The van der Waals surface area contributed by atoms with Crippen molar-refractivity contribution in [2.45, 2.75) is 19.0 Å². The van der Waals surface area contributed by atoms with Crippen LogP contribution >= 0.6 is 0 Å². The fraction of sp³-hybridized carbons (Fsp3) is 0.152. The van der Waals surface area contributed by atoms with Crippen molar-refractivity contribution in [1.29, 1.82) is 0 Å². The SMILES string of the molecule is O=C(C(c1ccccc1)c1ccccc1)N1CCN(Cc2cnc[nH]2)c2ccc(-c3ccccc3)cc2C1. The summed E-state index contributed by atoms with van der Waals surface area (Å²) >= 11 is 0. The molecule has 188 valence electrons. The van der Waals surface area contributed by atoms with E-state index in [-0.39, 0.29) is 11.8 Å². The number of benzene rings is 4. The molecule has 0 atom stereocenters. The first kappa shape index (κ1) is 23.7. The van der Waals surface area contributed by atoms with Gasteiger partial charge in [0.1, 0.15) is 0 Å². The maximum absolute atomic E-state index is 14.3. The quantitative estimate of drug-likeness (QED) is 0.301. The average Bonchev–Trinajstić information content (AvgIpc) is 3.42. The Labute approximate surface area is 223 Å². The number of aromatic amines is 1. The molecule has 0 fully saturated rings. The first-order chi connectivity index (χ1) is 18.8. The number of hydrogen-bond acceptors (Lipinski definition) is 3. The summed E-state index contributed by atoms with van der Waals surface area (Å²) in [5.41, 5.74) is 7.71. The fourth-order valence-corrected chi connectivity index (χ4v) is 5.36. The van der Waals surface area contributed by atoms with Crippen molar-refractivity contribution in [1.82, 2.24) is 14.9 Å². The molecule has 5 aromatic rings. The number of aromatic nitrogens is 2. The van der Waals surface area contributed by atoms with Gasteiger partial charge < -0.3 is 14.8 Å². The Morgan fingerprint density at radius 1 is 0.789 bits per heavy atom. The molecule has 1 aliphatic rings. The first-order valence-electron chi connectivity index (χ1n) is 13.1. The summed E-state index contributed by atoms with van der Waals surface area (Å²) in [6.45, 7) is 2.64. The molecule has 4 aromatic carbocycles. The number of nitrogens with one attached hydrogen (secondary N) is 1. The van der Waals surface area contributed by atoms with E-state index in [0.717, 1.165) is 40.2 Å². The van der Waals surface area contributed by atoms with E-state index in [9.17, 15) is 4.79 Å². The lowest BCUT2D eigenvalue weighted by atomic mass is 9.90. The molecule has 5 heteroatoms. The summed E-state index contributed by atoms with van der Waals surface area (Å²) in [5, 5.41) is 0. The number of hydrogen-bond donors (Lipinski definition) is 1. The molecule has 2 heterocycles. The van der Waals surface area contributed by atoms with Crippen LogP contribution in [0.3, 0.4) is 0 Å². The van der Waals surface area contributed by atoms with Gasteiger partial charge >= 0.3 is 0 Å². The summed E-state index contributed by atoms with van der Waals surface area (Å²) in [6.07, 6.45) is 3.58. The lowest BCUT2D eigenvalue weighted by Crippen LogP contribution is -2.38. The second kappa shape index (κ2) is 10.8. The Morgan fingerprint density at radius 2 is 1.45 bits per heavy atom. The summed E-state index contributed by atoms with van der Waals surface area (Å²) in [5.74, 6) is -0.223. The third kappa shape index (κ3) is 4.96. The van der Waals surface area contributed by atoms with Gasteiger partial charge in [-0.2, -0.15) is 0 Å². The van der Waals surface area contributed by atoms with Crippen molar-refractivity contribution in [2.24, 2.45) is 0 Å². The van der Waals surface area contributed by atoms with Gasteiger partial charge in [-0.1, -0.05) is 97.1 Å². The second-order valence-electron chi connectivity index (χ2n) is 9.72. The smallest absolute Gasteiger partial charge is 0.234 e. The molecule has 0 saturated carbocycles. The minimum atomic E-state index is -0.350. The Kier molecular flexibility index (Phi) is 6.73. The van der Waals surface area contributed by atoms with Crippen LogP contribution < -0.4 is 4.90 Å². The molecular weight excluding hydrogens is 468 g/mol. The van der Waals surface area contributed by atoms with Crippen LogP contribution in [0.1, 0.15) is 28.3 Å². The molecule has 0 saturated heterocycles. The van der Waals surface area contributed by atoms with Crippen LogP contribution in [0, 0.1) is 0 Å². The van der Waals surface area contributed by atoms with Crippen molar-refractivity contribution in [3.63, 3.8) is 0 Å². The Bertz CT molecular complexity index is 1450. The van der Waals surface area contributed by atoms with Crippen LogP contribution in [-0.4, -0.2) is 33.9 Å². The van der Waals surface area contributed by atoms with Gasteiger partial charge in [-0.25, -0.2) is 4.98 Å². The van der Waals surface area contributed by atoms with Gasteiger partial charge in [0, 0.05) is 31.5 Å². The van der Waals surface area contributed by atoms with E-state index in [1.807, 2.05) is 53.6 Å². The number of fused-ring (bicyclic) bond motifs is 1. The minimum absolute atomic E-state index is 0.127. The summed E-state index contributed by atoms with van der Waals surface area (Å²) in [6, 6.07) is 37.3. The van der Waals surface area contributed by atoms with Gasteiger partial charge in [0.15, 0.2) is 0 Å². The molecule has 5 nitrogen and oxygen atoms in total. The van der Waals surface area contributed by atoms with E-state index in [0.29, 0.717) is 19.6 Å². The van der Waals surface area contributed by atoms with Gasteiger partial charge in [-0.05, 0) is 39.9 Å². The van der Waals surface area contributed by atoms with Gasteiger partial charge in [0.2, 0.25) is 5.91 Å². The van der Waals surface area contributed by atoms with Gasteiger partial charge in [-0.3, -0.25) is 4.79 Å². The number of nitrogens with zero attached hydrogens (tertiary/aromatic N) is 3. The standard InChI is InChI=1S/C33H30N4O/c38-33(32(26-12-6-2-7-13-26)27-14-8-3-9-15-27)37-19-18-36(23-30-21-34-24-35-30)31-17-16-28(20-29(31)22-37)25-10-4-1-5-11-25/h1-17,20-21,24,32H,18-19,22-23H2,(H,34,35). The molecule has 0 bridgehead atoms. The van der Waals surface area contributed by atoms with E-state index in [1.165, 1.54) is 5.56 Å². The molecule has 0 aliphatic carbocycles. The zero-order valence-corrected chi connectivity index (χ0v) is 21.2. The summed E-state index contributed by atoms with van der Waals surface area (Å²) in [7, 11) is 0. The zero-order chi connectivity index (χ0) is 25.7. The number of H-pyrrole nitrogens is 1. The predicted octanol–water partition coefficient (Wildman–Crippen LogP) is 6.26. The van der Waals surface area contributed by atoms with Crippen LogP contribution in [-0.2, 0) is 17.9 Å². The van der Waals surface area contributed by atoms with E-state index < -0.39 is 0 Å². The van der Waals surface area contributed by atoms with E-state index in [4.69, 9.17) is 0 Å². The third-order valence-corrected chi connectivity index (χ3v) is 7.27. The number of rotatable bonds is 6. The maximum atomic E-state index is 14.3. The minimum Gasteiger partial charge on any atom is -0.364 e. The highest BCUT2D eigenvalue weighted by molar-refractivity contribution is 5.87. The molecule has 1 aromatic heterocycles. The highest BCUT2D eigenvalue weighted by atomic mass is 16.2. The van der Waals surface area contributed by atoms with Gasteiger partial charge in [0.05, 0.1) is 24.5 Å². The Hall–Kier alpha value is -4.64. The van der Waals surface area contributed by atoms with Crippen molar-refractivity contribution in [2.75, 3.05) is 18.0 Å². The second-order valence-corrected chi connectivity index (χ2v) is 9.72. The normalized spacial score (nSPS) is 13.3. The maximum Gasteiger partial charge on any atom is 0.234 e. The molecule has 6 rings (SSSR count). The fourth-order valence-electron chi connectivity index (χ4n) is 5.36. The number of carbonyl (C=O) groups excluding carboxylic acids is 1.